The molecule has 0 bridgehead atoms. The van der Waals surface area contributed by atoms with Gasteiger partial charge in [0.05, 0.1) is 27.7 Å². The molecular weight excluding hydrogens is 407 g/mol. The van der Waals surface area contributed by atoms with E-state index in [1.165, 1.54) is 11.5 Å². The molecule has 4 atom stereocenters. The second-order valence-corrected chi connectivity index (χ2v) is 6.86. The largest absolute Gasteiger partial charge is 0.457 e. The number of imidazole rings is 1. The van der Waals surface area contributed by atoms with Gasteiger partial charge in [-0.3, -0.25) is 9.36 Å². The first-order chi connectivity index (χ1) is 12.8. The van der Waals surface area contributed by atoms with Crippen molar-refractivity contribution in [3.05, 3.63) is 27.5 Å². The van der Waals surface area contributed by atoms with Gasteiger partial charge < -0.3 is 19.3 Å². The SMILES string of the molecule is [2H]CCOC[C@H]1OC(n2c(Cl)nc3cc(Cl)c(Cl)cc32)[C@H](O)[C@@H]1OC(C)=O. The summed E-state index contributed by atoms with van der Waals surface area (Å²) in [5.41, 5.74) is 0.982. The van der Waals surface area contributed by atoms with Crippen LogP contribution in [0.15, 0.2) is 12.1 Å². The van der Waals surface area contributed by atoms with Gasteiger partial charge in [-0.15, -0.1) is 0 Å². The number of halogens is 3. The molecule has 7 nitrogen and oxygen atoms in total. The molecule has 1 fully saturated rings. The molecule has 0 aliphatic carbocycles. The summed E-state index contributed by atoms with van der Waals surface area (Å²) >= 11 is 18.4. The fourth-order valence-electron chi connectivity index (χ4n) is 2.91. The van der Waals surface area contributed by atoms with Crippen LogP contribution in [-0.4, -0.2) is 52.2 Å². The van der Waals surface area contributed by atoms with Crippen molar-refractivity contribution in [1.29, 1.82) is 0 Å². The number of hydrogen-bond acceptors (Lipinski definition) is 6. The molecule has 2 aromatic rings. The molecule has 0 amide bonds. The zero-order valence-electron chi connectivity index (χ0n) is 14.7. The lowest BCUT2D eigenvalue weighted by Gasteiger charge is -2.20. The number of ether oxygens (including phenoxy) is 3. The van der Waals surface area contributed by atoms with Gasteiger partial charge in [0.25, 0.3) is 0 Å². The van der Waals surface area contributed by atoms with Crippen LogP contribution in [0.4, 0.5) is 0 Å². The van der Waals surface area contributed by atoms with E-state index in [9.17, 15) is 9.90 Å². The normalized spacial score (nSPS) is 26.3. The van der Waals surface area contributed by atoms with E-state index in [-0.39, 0.29) is 25.4 Å². The summed E-state index contributed by atoms with van der Waals surface area (Å²) in [5, 5.41) is 11.4. The first-order valence-electron chi connectivity index (χ1n) is 8.44. The first-order valence-corrected chi connectivity index (χ1v) is 8.87. The number of carbonyl (C=O) groups excluding carboxylic acids is 1. The van der Waals surface area contributed by atoms with E-state index in [1.807, 2.05) is 0 Å². The van der Waals surface area contributed by atoms with Crippen molar-refractivity contribution >= 4 is 51.8 Å². The molecule has 1 aromatic heterocycles. The Kier molecular flexibility index (Phi) is 5.54. The Morgan fingerprint density at radius 2 is 2.15 bits per heavy atom. The number of aliphatic hydroxyl groups is 1. The molecule has 1 aliphatic rings. The number of aromatic nitrogens is 2. The number of aliphatic hydroxyl groups excluding tert-OH is 1. The van der Waals surface area contributed by atoms with Crippen LogP contribution in [0.3, 0.4) is 0 Å². The minimum Gasteiger partial charge on any atom is -0.457 e. The van der Waals surface area contributed by atoms with Gasteiger partial charge in [-0.1, -0.05) is 23.2 Å². The maximum Gasteiger partial charge on any atom is 0.303 e. The van der Waals surface area contributed by atoms with Crippen LogP contribution in [0.2, 0.25) is 15.3 Å². The molecule has 1 N–H and O–H groups in total. The van der Waals surface area contributed by atoms with Crippen molar-refractivity contribution in [2.75, 3.05) is 13.2 Å². The molecule has 1 unspecified atom stereocenters. The van der Waals surface area contributed by atoms with E-state index in [1.54, 1.807) is 12.1 Å². The fourth-order valence-corrected chi connectivity index (χ4v) is 3.50. The van der Waals surface area contributed by atoms with Crippen LogP contribution in [0.1, 0.15) is 21.4 Å². The lowest BCUT2D eigenvalue weighted by molar-refractivity contribution is -0.154. The van der Waals surface area contributed by atoms with Crippen molar-refractivity contribution < 1.29 is 25.5 Å². The van der Waals surface area contributed by atoms with Crippen LogP contribution >= 0.6 is 34.8 Å². The van der Waals surface area contributed by atoms with Gasteiger partial charge in [0.15, 0.2) is 12.3 Å². The smallest absolute Gasteiger partial charge is 0.303 e. The third-order valence-corrected chi connectivity index (χ3v) is 4.97. The first kappa shape index (κ1) is 18.3. The average molecular weight is 425 g/mol. The number of rotatable bonds is 5. The van der Waals surface area contributed by atoms with Crippen molar-refractivity contribution in [1.82, 2.24) is 9.55 Å². The Hall–Kier alpha value is -1.09. The molecule has 0 saturated carbocycles. The van der Waals surface area contributed by atoms with Crippen molar-refractivity contribution in [3.8, 4) is 0 Å². The highest BCUT2D eigenvalue weighted by molar-refractivity contribution is 6.42. The Bertz CT molecular complexity index is 849. The van der Waals surface area contributed by atoms with Crippen LogP contribution < -0.4 is 0 Å². The molecule has 1 aromatic carbocycles. The van der Waals surface area contributed by atoms with E-state index < -0.39 is 30.5 Å². The average Bonchev–Trinajstić information content (AvgIpc) is 3.05. The van der Waals surface area contributed by atoms with E-state index in [2.05, 4.69) is 4.98 Å². The highest BCUT2D eigenvalue weighted by atomic mass is 35.5. The lowest BCUT2D eigenvalue weighted by Crippen LogP contribution is -2.38. The van der Waals surface area contributed by atoms with Gasteiger partial charge in [0.1, 0.15) is 12.2 Å². The second-order valence-electron chi connectivity index (χ2n) is 5.71. The van der Waals surface area contributed by atoms with Crippen molar-refractivity contribution in [2.24, 2.45) is 0 Å². The Morgan fingerprint density at radius 3 is 2.85 bits per heavy atom. The highest BCUT2D eigenvalue weighted by Gasteiger charge is 2.48. The number of esters is 1. The summed E-state index contributed by atoms with van der Waals surface area (Å²) in [4.78, 5) is 15.6. The zero-order chi connectivity index (χ0) is 19.7. The second kappa shape index (κ2) is 7.88. The van der Waals surface area contributed by atoms with Gasteiger partial charge in [-0.25, -0.2) is 4.98 Å². The van der Waals surface area contributed by atoms with Crippen LogP contribution in [0.25, 0.3) is 11.0 Å². The van der Waals surface area contributed by atoms with Gasteiger partial charge in [0.2, 0.25) is 5.28 Å². The third-order valence-electron chi connectivity index (χ3n) is 3.98. The number of nitrogens with zero attached hydrogens (tertiary/aromatic N) is 2. The minimum absolute atomic E-state index is 0.0429. The lowest BCUT2D eigenvalue weighted by atomic mass is 10.1. The number of hydrogen-bond donors (Lipinski definition) is 1. The van der Waals surface area contributed by atoms with Gasteiger partial charge >= 0.3 is 5.97 Å². The maximum absolute atomic E-state index is 11.4. The monoisotopic (exact) mass is 423 g/mol. The summed E-state index contributed by atoms with van der Waals surface area (Å²) in [5.74, 6) is -0.565. The molecule has 1 aliphatic heterocycles. The molecule has 0 spiro atoms. The summed E-state index contributed by atoms with van der Waals surface area (Å²) < 4.78 is 25.0. The molecule has 26 heavy (non-hydrogen) atoms. The predicted molar refractivity (Wildman–Crippen MR) is 96.7 cm³/mol. The summed E-state index contributed by atoms with van der Waals surface area (Å²) in [6.45, 7) is 1.55. The zero-order valence-corrected chi connectivity index (χ0v) is 16.0. The number of fused-ring (bicyclic) bond motifs is 1. The summed E-state index contributed by atoms with van der Waals surface area (Å²) in [7, 11) is 0. The molecule has 1 saturated heterocycles. The highest BCUT2D eigenvalue weighted by Crippen LogP contribution is 2.38. The van der Waals surface area contributed by atoms with Crippen molar-refractivity contribution in [2.45, 2.75) is 38.4 Å². The molecular formula is C16H17Cl3N2O5. The van der Waals surface area contributed by atoms with Crippen LogP contribution in [0.5, 0.6) is 0 Å². The fraction of sp³-hybridized carbons (Fsp3) is 0.500. The van der Waals surface area contributed by atoms with E-state index in [0.29, 0.717) is 21.1 Å². The van der Waals surface area contributed by atoms with Crippen molar-refractivity contribution in [3.63, 3.8) is 0 Å². The van der Waals surface area contributed by atoms with Crippen LogP contribution in [0, 0.1) is 0 Å². The predicted octanol–water partition coefficient (Wildman–Crippen LogP) is 3.22. The van der Waals surface area contributed by atoms with Gasteiger partial charge in [0, 0.05) is 14.9 Å². The summed E-state index contributed by atoms with van der Waals surface area (Å²) in [6, 6.07) is 3.13. The minimum atomic E-state index is -1.22. The van der Waals surface area contributed by atoms with Crippen LogP contribution in [-0.2, 0) is 19.0 Å². The number of benzene rings is 1. The molecule has 142 valence electrons. The maximum atomic E-state index is 11.4. The Labute approximate surface area is 166 Å². The molecule has 0 radical (unpaired) electrons. The topological polar surface area (TPSA) is 82.8 Å². The Morgan fingerprint density at radius 1 is 1.42 bits per heavy atom. The standard InChI is InChI=1S/C16H17Cl3N2O5/c1-3-24-6-12-14(25-7(2)22)13(23)15(26-12)21-11-5-9(18)8(17)4-10(11)20-16(21)19/h4-5,12-15,23H,3,6H2,1-2H3/t12-,13-,14-,15?/m1/s1/i1D. The third kappa shape index (κ3) is 3.65. The Balaban J connectivity index is 1.96. The van der Waals surface area contributed by atoms with E-state index >= 15 is 0 Å². The molecule has 3 rings (SSSR count). The number of carbonyl (C=O) groups is 1. The quantitative estimate of drug-likeness (QED) is 0.586. The van der Waals surface area contributed by atoms with Gasteiger partial charge in [-0.05, 0) is 30.6 Å². The van der Waals surface area contributed by atoms with Gasteiger partial charge in [-0.2, -0.15) is 0 Å². The molecule has 2 heterocycles. The van der Waals surface area contributed by atoms with E-state index in [4.69, 9.17) is 50.4 Å². The summed E-state index contributed by atoms with van der Waals surface area (Å²) in [6.07, 6.45) is -3.90. The molecule has 10 heteroatoms. The van der Waals surface area contributed by atoms with E-state index in [0.717, 1.165) is 0 Å².